The lowest BCUT2D eigenvalue weighted by Crippen LogP contribution is -2.18. The molecule has 2 aromatic carbocycles. The zero-order valence-corrected chi connectivity index (χ0v) is 11.7. The molecule has 3 heteroatoms. The van der Waals surface area contributed by atoms with Crippen LogP contribution in [0.25, 0.3) is 0 Å². The van der Waals surface area contributed by atoms with E-state index in [2.05, 4.69) is 18.3 Å². The standard InChI is InChI=1S/C15H15Cl2N/c1-11(12-6-4-7-14(16)9-12)18-10-13-5-2-3-8-15(13)17/h2-9,11,18H,10H2,1H3/t11-/m0/s1. The monoisotopic (exact) mass is 279 g/mol. The van der Waals surface area contributed by atoms with Crippen molar-refractivity contribution in [2.24, 2.45) is 0 Å². The Morgan fingerprint density at radius 2 is 1.83 bits per heavy atom. The molecular formula is C15H15Cl2N. The summed E-state index contributed by atoms with van der Waals surface area (Å²) >= 11 is 12.1. The predicted molar refractivity (Wildman–Crippen MR) is 78.2 cm³/mol. The van der Waals surface area contributed by atoms with Gasteiger partial charge < -0.3 is 5.32 Å². The topological polar surface area (TPSA) is 12.0 Å². The summed E-state index contributed by atoms with van der Waals surface area (Å²) in [6, 6.07) is 16.0. The predicted octanol–water partition coefficient (Wildman–Crippen LogP) is 4.84. The van der Waals surface area contributed by atoms with Gasteiger partial charge in [0.05, 0.1) is 0 Å². The van der Waals surface area contributed by atoms with Gasteiger partial charge in [-0.1, -0.05) is 53.5 Å². The Bertz CT molecular complexity index is 525. The van der Waals surface area contributed by atoms with E-state index in [-0.39, 0.29) is 6.04 Å². The molecule has 0 saturated carbocycles. The molecule has 18 heavy (non-hydrogen) atoms. The Morgan fingerprint density at radius 3 is 2.56 bits per heavy atom. The van der Waals surface area contributed by atoms with E-state index in [0.717, 1.165) is 22.2 Å². The second kappa shape index (κ2) is 6.24. The van der Waals surface area contributed by atoms with Gasteiger partial charge in [0.2, 0.25) is 0 Å². The lowest BCUT2D eigenvalue weighted by Gasteiger charge is -2.15. The maximum atomic E-state index is 6.12. The average molecular weight is 280 g/mol. The van der Waals surface area contributed by atoms with Crippen LogP contribution in [0.4, 0.5) is 0 Å². The fourth-order valence-electron chi connectivity index (χ4n) is 1.80. The Labute approximate surface area is 118 Å². The molecule has 0 aromatic heterocycles. The zero-order chi connectivity index (χ0) is 13.0. The molecule has 2 rings (SSSR count). The van der Waals surface area contributed by atoms with Crippen molar-refractivity contribution < 1.29 is 0 Å². The number of hydrogen-bond donors (Lipinski definition) is 1. The minimum absolute atomic E-state index is 0.236. The smallest absolute Gasteiger partial charge is 0.0450 e. The van der Waals surface area contributed by atoms with Gasteiger partial charge in [0.15, 0.2) is 0 Å². The first kappa shape index (κ1) is 13.4. The first-order valence-electron chi connectivity index (χ1n) is 5.89. The summed E-state index contributed by atoms with van der Waals surface area (Å²) in [7, 11) is 0. The van der Waals surface area contributed by atoms with Crippen LogP contribution in [0.1, 0.15) is 24.1 Å². The van der Waals surface area contributed by atoms with Gasteiger partial charge in [0.25, 0.3) is 0 Å². The van der Waals surface area contributed by atoms with E-state index in [1.54, 1.807) is 0 Å². The van der Waals surface area contributed by atoms with Gasteiger partial charge in [-0.25, -0.2) is 0 Å². The lowest BCUT2D eigenvalue weighted by atomic mass is 10.1. The summed E-state index contributed by atoms with van der Waals surface area (Å²) in [5.74, 6) is 0. The Balaban J connectivity index is 2.00. The van der Waals surface area contributed by atoms with Crippen LogP contribution in [0.15, 0.2) is 48.5 Å². The van der Waals surface area contributed by atoms with Gasteiger partial charge in [-0.05, 0) is 36.2 Å². The molecule has 0 unspecified atom stereocenters. The molecule has 0 bridgehead atoms. The molecule has 94 valence electrons. The quantitative estimate of drug-likeness (QED) is 0.844. The Hall–Kier alpha value is -1.02. The first-order chi connectivity index (χ1) is 8.66. The Kier molecular flexibility index (Phi) is 4.65. The van der Waals surface area contributed by atoms with Crippen molar-refractivity contribution in [2.45, 2.75) is 19.5 Å². The minimum Gasteiger partial charge on any atom is -0.306 e. The summed E-state index contributed by atoms with van der Waals surface area (Å²) in [6.45, 7) is 2.86. The van der Waals surface area contributed by atoms with Crippen molar-refractivity contribution >= 4 is 23.2 Å². The van der Waals surface area contributed by atoms with Crippen molar-refractivity contribution in [3.8, 4) is 0 Å². The van der Waals surface area contributed by atoms with Gasteiger partial charge in [-0.3, -0.25) is 0 Å². The van der Waals surface area contributed by atoms with Crippen LogP contribution in [0.5, 0.6) is 0 Å². The normalized spacial score (nSPS) is 12.4. The molecule has 0 fully saturated rings. The van der Waals surface area contributed by atoms with Crippen LogP contribution in [-0.2, 0) is 6.54 Å². The lowest BCUT2D eigenvalue weighted by molar-refractivity contribution is 0.575. The summed E-state index contributed by atoms with van der Waals surface area (Å²) in [6.07, 6.45) is 0. The number of nitrogens with one attached hydrogen (secondary N) is 1. The van der Waals surface area contributed by atoms with Gasteiger partial charge in [0.1, 0.15) is 0 Å². The van der Waals surface area contributed by atoms with Gasteiger partial charge >= 0.3 is 0 Å². The molecule has 1 atom stereocenters. The van der Waals surface area contributed by atoms with Crippen LogP contribution in [0.2, 0.25) is 10.0 Å². The van der Waals surface area contributed by atoms with Crippen molar-refractivity contribution in [1.82, 2.24) is 5.32 Å². The second-order valence-electron chi connectivity index (χ2n) is 4.25. The summed E-state index contributed by atoms with van der Waals surface area (Å²) < 4.78 is 0. The highest BCUT2D eigenvalue weighted by Crippen LogP contribution is 2.19. The number of rotatable bonds is 4. The van der Waals surface area contributed by atoms with E-state index in [1.807, 2.05) is 42.5 Å². The van der Waals surface area contributed by atoms with E-state index in [4.69, 9.17) is 23.2 Å². The summed E-state index contributed by atoms with van der Waals surface area (Å²) in [4.78, 5) is 0. The number of hydrogen-bond acceptors (Lipinski definition) is 1. The number of benzene rings is 2. The van der Waals surface area contributed by atoms with Gasteiger partial charge in [-0.2, -0.15) is 0 Å². The highest BCUT2D eigenvalue weighted by atomic mass is 35.5. The van der Waals surface area contributed by atoms with E-state index in [9.17, 15) is 0 Å². The highest BCUT2D eigenvalue weighted by Gasteiger charge is 2.06. The van der Waals surface area contributed by atoms with Crippen LogP contribution in [0.3, 0.4) is 0 Å². The molecule has 0 aliphatic rings. The van der Waals surface area contributed by atoms with E-state index >= 15 is 0 Å². The van der Waals surface area contributed by atoms with Crippen LogP contribution in [-0.4, -0.2) is 0 Å². The second-order valence-corrected chi connectivity index (χ2v) is 5.09. The van der Waals surface area contributed by atoms with Crippen molar-refractivity contribution in [1.29, 1.82) is 0 Å². The number of halogens is 2. The molecule has 0 radical (unpaired) electrons. The highest BCUT2D eigenvalue weighted by molar-refractivity contribution is 6.31. The Morgan fingerprint density at radius 1 is 1.06 bits per heavy atom. The van der Waals surface area contributed by atoms with E-state index in [1.165, 1.54) is 5.56 Å². The molecule has 1 N–H and O–H groups in total. The van der Waals surface area contributed by atoms with Gasteiger partial charge in [0, 0.05) is 22.6 Å². The first-order valence-corrected chi connectivity index (χ1v) is 6.64. The zero-order valence-electron chi connectivity index (χ0n) is 10.2. The molecule has 0 saturated heterocycles. The summed E-state index contributed by atoms with van der Waals surface area (Å²) in [5.41, 5.74) is 2.28. The SMILES string of the molecule is C[C@H](NCc1ccccc1Cl)c1cccc(Cl)c1. The van der Waals surface area contributed by atoms with Crippen molar-refractivity contribution in [3.63, 3.8) is 0 Å². The summed E-state index contributed by atoms with van der Waals surface area (Å²) in [5, 5.41) is 5.00. The third-order valence-electron chi connectivity index (χ3n) is 2.91. The van der Waals surface area contributed by atoms with Crippen LogP contribution in [0, 0.1) is 0 Å². The maximum absolute atomic E-state index is 6.12. The fraction of sp³-hybridized carbons (Fsp3) is 0.200. The molecule has 0 amide bonds. The van der Waals surface area contributed by atoms with Crippen molar-refractivity contribution in [3.05, 3.63) is 69.7 Å². The molecule has 1 nitrogen and oxygen atoms in total. The van der Waals surface area contributed by atoms with E-state index in [0.29, 0.717) is 0 Å². The molecule has 0 spiro atoms. The third kappa shape index (κ3) is 3.49. The van der Waals surface area contributed by atoms with Crippen molar-refractivity contribution in [2.75, 3.05) is 0 Å². The van der Waals surface area contributed by atoms with Crippen LogP contribution >= 0.6 is 23.2 Å². The molecule has 0 aliphatic carbocycles. The average Bonchev–Trinajstić information content (AvgIpc) is 2.37. The maximum Gasteiger partial charge on any atom is 0.0450 e. The minimum atomic E-state index is 0.236. The van der Waals surface area contributed by atoms with Crippen LogP contribution < -0.4 is 5.32 Å². The fourth-order valence-corrected chi connectivity index (χ4v) is 2.20. The molecule has 0 heterocycles. The molecule has 0 aliphatic heterocycles. The largest absolute Gasteiger partial charge is 0.306 e. The van der Waals surface area contributed by atoms with E-state index < -0.39 is 0 Å². The van der Waals surface area contributed by atoms with Gasteiger partial charge in [-0.15, -0.1) is 0 Å². The molecule has 2 aromatic rings. The third-order valence-corrected chi connectivity index (χ3v) is 3.51. The molecular weight excluding hydrogens is 265 g/mol.